The van der Waals surface area contributed by atoms with E-state index >= 15 is 4.39 Å². The third-order valence-electron chi connectivity index (χ3n) is 8.38. The lowest BCUT2D eigenvalue weighted by atomic mass is 9.44. The van der Waals surface area contributed by atoms with Gasteiger partial charge in [-0.25, -0.2) is 8.78 Å². The molecule has 3 fully saturated rings. The zero-order chi connectivity index (χ0) is 20.7. The quantitative estimate of drug-likeness (QED) is 0.659. The third-order valence-corrected chi connectivity index (χ3v) is 8.38. The van der Waals surface area contributed by atoms with Crippen molar-refractivity contribution in [2.45, 2.75) is 63.1 Å². The lowest BCUT2D eigenvalue weighted by Gasteiger charge is -2.62. The average Bonchev–Trinajstić information content (AvgIpc) is 2.84. The van der Waals surface area contributed by atoms with E-state index in [2.05, 4.69) is 0 Å². The fourth-order valence-corrected chi connectivity index (χ4v) is 6.80. The molecular formula is C21H26F2O5. The molecular weight excluding hydrogens is 370 g/mol. The van der Waals surface area contributed by atoms with Crippen LogP contribution in [0.15, 0.2) is 23.8 Å². The highest BCUT2D eigenvalue weighted by Gasteiger charge is 2.76. The highest BCUT2D eigenvalue weighted by atomic mass is 19.1. The summed E-state index contributed by atoms with van der Waals surface area (Å²) in [4.78, 5) is 24.1. The summed E-state index contributed by atoms with van der Waals surface area (Å²) in [5, 5.41) is 31.3. The maximum absolute atomic E-state index is 16.7. The standard InChI is InChI=1S/C21H26F2O5/c1-18-6-5-12(25)7-11(18)3-4-13-14-8-15(22)21(28,17(27)10-24)19(14,2)9-16(26)20(13,18)23/h5-7,13-16,24,26,28H,3-4,8-10H2,1-2H3. The number of carbonyl (C=O) groups is 2. The smallest absolute Gasteiger partial charge is 0.193 e. The Bertz CT molecular complexity index is 809. The summed E-state index contributed by atoms with van der Waals surface area (Å²) < 4.78 is 31.7. The number of ketones is 2. The van der Waals surface area contributed by atoms with Crippen molar-refractivity contribution < 1.29 is 33.7 Å². The minimum absolute atomic E-state index is 0.209. The van der Waals surface area contributed by atoms with Crippen LogP contribution in [-0.2, 0) is 9.59 Å². The zero-order valence-electron chi connectivity index (χ0n) is 16.0. The molecule has 8 unspecified atom stereocenters. The van der Waals surface area contributed by atoms with Crippen molar-refractivity contribution in [3.05, 3.63) is 23.8 Å². The van der Waals surface area contributed by atoms with Crippen molar-refractivity contribution >= 4 is 11.6 Å². The molecule has 3 N–H and O–H groups in total. The molecule has 0 radical (unpaired) electrons. The summed E-state index contributed by atoms with van der Waals surface area (Å²) >= 11 is 0. The lowest BCUT2D eigenvalue weighted by Crippen LogP contribution is -2.69. The first-order chi connectivity index (χ1) is 13.0. The van der Waals surface area contributed by atoms with Gasteiger partial charge in [0.05, 0.1) is 6.10 Å². The molecule has 8 atom stereocenters. The molecule has 28 heavy (non-hydrogen) atoms. The van der Waals surface area contributed by atoms with Gasteiger partial charge in [0, 0.05) is 16.7 Å². The van der Waals surface area contributed by atoms with Gasteiger partial charge in [-0.15, -0.1) is 0 Å². The van der Waals surface area contributed by atoms with Gasteiger partial charge in [0.15, 0.2) is 22.8 Å². The number of hydrogen-bond acceptors (Lipinski definition) is 5. The van der Waals surface area contributed by atoms with E-state index in [4.69, 9.17) is 0 Å². The van der Waals surface area contributed by atoms with Gasteiger partial charge < -0.3 is 15.3 Å². The molecule has 3 saturated carbocycles. The highest BCUT2D eigenvalue weighted by Crippen LogP contribution is 2.70. The third kappa shape index (κ3) is 2.00. The number of carbonyl (C=O) groups excluding carboxylic acids is 2. The highest BCUT2D eigenvalue weighted by molar-refractivity contribution is 6.01. The van der Waals surface area contributed by atoms with Crippen molar-refractivity contribution in [1.29, 1.82) is 0 Å². The van der Waals surface area contributed by atoms with Gasteiger partial charge in [-0.1, -0.05) is 18.6 Å². The molecule has 0 aromatic heterocycles. The average molecular weight is 396 g/mol. The van der Waals surface area contributed by atoms with E-state index in [-0.39, 0.29) is 25.0 Å². The van der Waals surface area contributed by atoms with Crippen LogP contribution in [0.1, 0.15) is 39.5 Å². The number of alkyl halides is 2. The molecule has 0 amide bonds. The predicted octanol–water partition coefficient (Wildman–Crippen LogP) is 1.60. The second kappa shape index (κ2) is 5.80. The molecule has 0 bridgehead atoms. The van der Waals surface area contributed by atoms with Crippen molar-refractivity contribution in [3.8, 4) is 0 Å². The second-order valence-electron chi connectivity index (χ2n) is 9.32. The monoisotopic (exact) mass is 396 g/mol. The summed E-state index contributed by atoms with van der Waals surface area (Å²) in [6.07, 6.45) is 0.895. The maximum Gasteiger partial charge on any atom is 0.193 e. The summed E-state index contributed by atoms with van der Waals surface area (Å²) in [6.45, 7) is 2.14. The Kier molecular flexibility index (Phi) is 4.11. The largest absolute Gasteiger partial charge is 0.390 e. The molecule has 0 aliphatic heterocycles. The number of Topliss-reactive ketones (excluding diaryl/α,β-unsaturated/α-hetero) is 1. The summed E-state index contributed by atoms with van der Waals surface area (Å²) in [6, 6.07) is 0. The molecule has 0 aromatic rings. The molecule has 154 valence electrons. The van der Waals surface area contributed by atoms with Crippen LogP contribution >= 0.6 is 0 Å². The Labute approximate surface area is 162 Å². The van der Waals surface area contributed by atoms with Crippen LogP contribution in [0.25, 0.3) is 0 Å². The maximum atomic E-state index is 16.7. The van der Waals surface area contributed by atoms with Crippen LogP contribution in [0.4, 0.5) is 8.78 Å². The first kappa shape index (κ1) is 19.9. The van der Waals surface area contributed by atoms with E-state index < -0.39 is 58.6 Å². The minimum Gasteiger partial charge on any atom is -0.390 e. The number of halogens is 2. The number of rotatable bonds is 2. The predicted molar refractivity (Wildman–Crippen MR) is 95.7 cm³/mol. The molecule has 4 aliphatic rings. The van der Waals surface area contributed by atoms with E-state index in [0.29, 0.717) is 12.0 Å². The van der Waals surface area contributed by atoms with Crippen LogP contribution in [0, 0.1) is 22.7 Å². The molecule has 5 nitrogen and oxygen atoms in total. The number of fused-ring (bicyclic) bond motifs is 5. The first-order valence-corrected chi connectivity index (χ1v) is 9.78. The molecule has 0 saturated heterocycles. The van der Waals surface area contributed by atoms with E-state index in [9.17, 15) is 29.3 Å². The van der Waals surface area contributed by atoms with Crippen molar-refractivity contribution in [2.75, 3.05) is 6.61 Å². The molecule has 4 rings (SSSR count). The molecule has 4 aliphatic carbocycles. The Morgan fingerprint density at radius 2 is 2.00 bits per heavy atom. The molecule has 0 spiro atoms. The van der Waals surface area contributed by atoms with Crippen LogP contribution in [0.3, 0.4) is 0 Å². The first-order valence-electron chi connectivity index (χ1n) is 9.78. The van der Waals surface area contributed by atoms with E-state index in [1.165, 1.54) is 25.2 Å². The van der Waals surface area contributed by atoms with Gasteiger partial charge in [-0.2, -0.15) is 0 Å². The molecule has 0 aromatic carbocycles. The van der Waals surface area contributed by atoms with E-state index in [0.717, 1.165) is 0 Å². The number of hydrogen-bond donors (Lipinski definition) is 3. The van der Waals surface area contributed by atoms with Crippen LogP contribution in [-0.4, -0.2) is 57.0 Å². The lowest BCUT2D eigenvalue weighted by molar-refractivity contribution is -0.220. The fraction of sp³-hybridized carbons (Fsp3) is 0.714. The van der Waals surface area contributed by atoms with Gasteiger partial charge >= 0.3 is 0 Å². The van der Waals surface area contributed by atoms with Crippen molar-refractivity contribution in [2.24, 2.45) is 22.7 Å². The molecule has 0 heterocycles. The fourth-order valence-electron chi connectivity index (χ4n) is 6.80. The van der Waals surface area contributed by atoms with Gasteiger partial charge in [-0.05, 0) is 50.7 Å². The zero-order valence-corrected chi connectivity index (χ0v) is 16.0. The second-order valence-corrected chi connectivity index (χ2v) is 9.32. The summed E-state index contributed by atoms with van der Waals surface area (Å²) in [5.41, 5.74) is -6.59. The number of aliphatic hydroxyl groups is 3. The topological polar surface area (TPSA) is 94.8 Å². The van der Waals surface area contributed by atoms with Crippen LogP contribution in [0.5, 0.6) is 0 Å². The Balaban J connectivity index is 1.84. The van der Waals surface area contributed by atoms with Crippen LogP contribution < -0.4 is 0 Å². The Hall–Kier alpha value is -1.44. The number of aliphatic hydroxyl groups excluding tert-OH is 2. The van der Waals surface area contributed by atoms with Gasteiger partial charge in [0.1, 0.15) is 12.8 Å². The van der Waals surface area contributed by atoms with Crippen molar-refractivity contribution in [1.82, 2.24) is 0 Å². The summed E-state index contributed by atoms with van der Waals surface area (Å²) in [5.74, 6) is -2.73. The SMILES string of the molecule is CC12C=CC(=O)C=C1CCC1C3CC(F)C(O)(C(=O)CO)C3(C)CC(O)C12F. The van der Waals surface area contributed by atoms with Gasteiger partial charge in [0.2, 0.25) is 0 Å². The van der Waals surface area contributed by atoms with Crippen molar-refractivity contribution in [3.63, 3.8) is 0 Å². The Morgan fingerprint density at radius 3 is 2.64 bits per heavy atom. The summed E-state index contributed by atoms with van der Waals surface area (Å²) in [7, 11) is 0. The van der Waals surface area contributed by atoms with Gasteiger partial charge in [-0.3, -0.25) is 9.59 Å². The Morgan fingerprint density at radius 1 is 1.32 bits per heavy atom. The van der Waals surface area contributed by atoms with Gasteiger partial charge in [0.25, 0.3) is 0 Å². The van der Waals surface area contributed by atoms with Crippen LogP contribution in [0.2, 0.25) is 0 Å². The molecule has 7 heteroatoms. The van der Waals surface area contributed by atoms with E-state index in [1.54, 1.807) is 6.92 Å². The van der Waals surface area contributed by atoms with E-state index in [1.807, 2.05) is 0 Å². The number of allylic oxidation sites excluding steroid dienone is 4. The normalized spacial score (nSPS) is 52.5. The minimum atomic E-state index is -2.45.